The summed E-state index contributed by atoms with van der Waals surface area (Å²) < 4.78 is 0. The normalized spacial score (nSPS) is 15.7. The molecule has 0 aliphatic rings. The first-order valence-corrected chi connectivity index (χ1v) is 5.99. The average molecular weight is 230 g/mol. The molecule has 0 spiro atoms. The van der Waals surface area contributed by atoms with E-state index in [0.717, 1.165) is 6.42 Å². The molecular weight excluding hydrogens is 204 g/mol. The second kappa shape index (κ2) is 6.21. The van der Waals surface area contributed by atoms with Crippen molar-refractivity contribution in [3.8, 4) is 0 Å². The van der Waals surface area contributed by atoms with Crippen LogP contribution in [0.1, 0.15) is 41.0 Å². The minimum atomic E-state index is -0.874. The summed E-state index contributed by atoms with van der Waals surface area (Å²) >= 11 is 0. The number of nitrogens with two attached hydrogens (primary N) is 1. The van der Waals surface area contributed by atoms with E-state index in [2.05, 4.69) is 0 Å². The number of carbonyl (C=O) groups is 1. The molecule has 0 aromatic carbocycles. The second-order valence-corrected chi connectivity index (χ2v) is 5.08. The summed E-state index contributed by atoms with van der Waals surface area (Å²) in [6.45, 7) is 10.2. The van der Waals surface area contributed by atoms with Crippen LogP contribution in [0.2, 0.25) is 0 Å². The van der Waals surface area contributed by atoms with Gasteiger partial charge in [-0.05, 0) is 26.7 Å². The van der Waals surface area contributed by atoms with Gasteiger partial charge in [0, 0.05) is 13.1 Å². The summed E-state index contributed by atoms with van der Waals surface area (Å²) in [6.07, 6.45) is 0.882. The quantitative estimate of drug-likeness (QED) is 0.715. The van der Waals surface area contributed by atoms with Crippen LogP contribution in [0, 0.1) is 5.92 Å². The third-order valence-corrected chi connectivity index (χ3v) is 2.81. The van der Waals surface area contributed by atoms with E-state index >= 15 is 0 Å². The van der Waals surface area contributed by atoms with Crippen molar-refractivity contribution in [2.75, 3.05) is 13.1 Å². The summed E-state index contributed by atoms with van der Waals surface area (Å²) in [5.74, 6) is 0.0994. The van der Waals surface area contributed by atoms with Crippen LogP contribution < -0.4 is 5.73 Å². The van der Waals surface area contributed by atoms with Gasteiger partial charge in [0.25, 0.3) is 0 Å². The second-order valence-electron chi connectivity index (χ2n) is 5.08. The molecule has 0 aromatic rings. The van der Waals surface area contributed by atoms with E-state index < -0.39 is 11.6 Å². The smallest absolute Gasteiger partial charge is 0.239 e. The third kappa shape index (κ3) is 4.94. The molecule has 0 bridgehead atoms. The molecule has 4 nitrogen and oxygen atoms in total. The van der Waals surface area contributed by atoms with Gasteiger partial charge in [-0.15, -0.1) is 0 Å². The first-order chi connectivity index (χ1) is 7.22. The van der Waals surface area contributed by atoms with Gasteiger partial charge in [-0.25, -0.2) is 0 Å². The summed E-state index contributed by atoms with van der Waals surface area (Å²) in [5.41, 5.74) is 5.02. The van der Waals surface area contributed by atoms with Crippen molar-refractivity contribution in [1.29, 1.82) is 0 Å². The molecule has 3 N–H and O–H groups in total. The SMILES string of the molecule is CC[C@H](C)[C@H](N)C(=O)N(CC)CC(C)(C)O. The Morgan fingerprint density at radius 2 is 1.94 bits per heavy atom. The van der Waals surface area contributed by atoms with Crippen molar-refractivity contribution in [2.45, 2.75) is 52.7 Å². The van der Waals surface area contributed by atoms with Crippen LogP contribution in [0.5, 0.6) is 0 Å². The van der Waals surface area contributed by atoms with E-state index in [1.807, 2.05) is 20.8 Å². The Kier molecular flexibility index (Phi) is 5.97. The van der Waals surface area contributed by atoms with Gasteiger partial charge in [0.05, 0.1) is 11.6 Å². The number of likely N-dealkylation sites (N-methyl/N-ethyl adjacent to an activating group) is 1. The molecular formula is C12H26N2O2. The Labute approximate surface area is 98.8 Å². The zero-order valence-corrected chi connectivity index (χ0v) is 11.2. The minimum Gasteiger partial charge on any atom is -0.389 e. The molecule has 0 aromatic heterocycles. The van der Waals surface area contributed by atoms with Crippen molar-refractivity contribution in [3.05, 3.63) is 0 Å². The molecule has 16 heavy (non-hydrogen) atoms. The number of hydrogen-bond donors (Lipinski definition) is 2. The Balaban J connectivity index is 4.53. The van der Waals surface area contributed by atoms with Crippen LogP contribution >= 0.6 is 0 Å². The van der Waals surface area contributed by atoms with Gasteiger partial charge in [0.2, 0.25) is 5.91 Å². The molecule has 0 saturated heterocycles. The van der Waals surface area contributed by atoms with Crippen LogP contribution in [-0.2, 0) is 4.79 Å². The molecule has 0 rings (SSSR count). The van der Waals surface area contributed by atoms with E-state index in [4.69, 9.17) is 5.73 Å². The van der Waals surface area contributed by atoms with Crippen molar-refractivity contribution in [3.63, 3.8) is 0 Å². The van der Waals surface area contributed by atoms with Crippen molar-refractivity contribution < 1.29 is 9.90 Å². The maximum Gasteiger partial charge on any atom is 0.239 e. The third-order valence-electron chi connectivity index (χ3n) is 2.81. The van der Waals surface area contributed by atoms with Crippen LogP contribution in [0.3, 0.4) is 0 Å². The van der Waals surface area contributed by atoms with Gasteiger partial charge in [0.1, 0.15) is 0 Å². The first-order valence-electron chi connectivity index (χ1n) is 5.99. The van der Waals surface area contributed by atoms with Gasteiger partial charge < -0.3 is 15.7 Å². The molecule has 2 atom stereocenters. The van der Waals surface area contributed by atoms with E-state index in [1.165, 1.54) is 0 Å². The summed E-state index contributed by atoms with van der Waals surface area (Å²) in [4.78, 5) is 13.7. The van der Waals surface area contributed by atoms with Gasteiger partial charge in [-0.2, -0.15) is 0 Å². The van der Waals surface area contributed by atoms with E-state index in [-0.39, 0.29) is 11.8 Å². The van der Waals surface area contributed by atoms with E-state index in [0.29, 0.717) is 13.1 Å². The fourth-order valence-corrected chi connectivity index (χ4v) is 1.52. The minimum absolute atomic E-state index is 0.0704. The zero-order valence-electron chi connectivity index (χ0n) is 11.2. The van der Waals surface area contributed by atoms with E-state index in [9.17, 15) is 9.90 Å². The molecule has 0 aliphatic heterocycles. The lowest BCUT2D eigenvalue weighted by Crippen LogP contribution is -2.51. The highest BCUT2D eigenvalue weighted by atomic mass is 16.3. The van der Waals surface area contributed by atoms with Gasteiger partial charge in [-0.3, -0.25) is 4.79 Å². The molecule has 0 saturated carbocycles. The largest absolute Gasteiger partial charge is 0.389 e. The number of aliphatic hydroxyl groups is 1. The standard InChI is InChI=1S/C12H26N2O2/c1-6-9(3)10(13)11(15)14(7-2)8-12(4,5)16/h9-10,16H,6-8,13H2,1-5H3/t9-,10-/m0/s1. The Morgan fingerprint density at radius 3 is 2.25 bits per heavy atom. The fraction of sp³-hybridized carbons (Fsp3) is 0.917. The van der Waals surface area contributed by atoms with Gasteiger partial charge in [-0.1, -0.05) is 20.3 Å². The lowest BCUT2D eigenvalue weighted by molar-refractivity contribution is -0.136. The number of carbonyl (C=O) groups excluding carboxylic acids is 1. The molecule has 0 aliphatic carbocycles. The monoisotopic (exact) mass is 230 g/mol. The van der Waals surface area contributed by atoms with Crippen molar-refractivity contribution in [1.82, 2.24) is 4.90 Å². The molecule has 0 unspecified atom stereocenters. The Bertz CT molecular complexity index is 224. The molecule has 96 valence electrons. The Morgan fingerprint density at radius 1 is 1.44 bits per heavy atom. The fourth-order valence-electron chi connectivity index (χ4n) is 1.52. The number of nitrogens with zero attached hydrogens (tertiary/aromatic N) is 1. The van der Waals surface area contributed by atoms with Gasteiger partial charge in [0.15, 0.2) is 0 Å². The van der Waals surface area contributed by atoms with E-state index in [1.54, 1.807) is 18.7 Å². The lowest BCUT2D eigenvalue weighted by Gasteiger charge is -2.31. The molecule has 4 heteroatoms. The number of rotatable bonds is 6. The molecule has 0 fully saturated rings. The van der Waals surface area contributed by atoms with Crippen LogP contribution in [0.4, 0.5) is 0 Å². The Hall–Kier alpha value is -0.610. The van der Waals surface area contributed by atoms with Gasteiger partial charge >= 0.3 is 0 Å². The van der Waals surface area contributed by atoms with Crippen molar-refractivity contribution >= 4 is 5.91 Å². The molecule has 1 amide bonds. The number of amides is 1. The number of hydrogen-bond acceptors (Lipinski definition) is 3. The maximum absolute atomic E-state index is 12.0. The lowest BCUT2D eigenvalue weighted by atomic mass is 9.98. The zero-order chi connectivity index (χ0) is 12.9. The topological polar surface area (TPSA) is 66.6 Å². The highest BCUT2D eigenvalue weighted by Gasteiger charge is 2.27. The van der Waals surface area contributed by atoms with Crippen LogP contribution in [0.25, 0.3) is 0 Å². The highest BCUT2D eigenvalue weighted by molar-refractivity contribution is 5.82. The highest BCUT2D eigenvalue weighted by Crippen LogP contribution is 2.11. The van der Waals surface area contributed by atoms with Crippen LogP contribution in [0.15, 0.2) is 0 Å². The maximum atomic E-state index is 12.0. The predicted molar refractivity (Wildman–Crippen MR) is 66.0 cm³/mol. The molecule has 0 heterocycles. The van der Waals surface area contributed by atoms with Crippen LogP contribution in [-0.4, -0.2) is 40.6 Å². The summed E-state index contributed by atoms with van der Waals surface area (Å²) in [6, 6.07) is -0.465. The van der Waals surface area contributed by atoms with Crippen molar-refractivity contribution in [2.24, 2.45) is 11.7 Å². The summed E-state index contributed by atoms with van der Waals surface area (Å²) in [5, 5.41) is 9.71. The average Bonchev–Trinajstić information content (AvgIpc) is 2.21. The first kappa shape index (κ1) is 15.4. The predicted octanol–water partition coefficient (Wildman–Crippen LogP) is 0.979. The molecule has 0 radical (unpaired) electrons. The summed E-state index contributed by atoms with van der Waals surface area (Å²) in [7, 11) is 0.